The molecule has 0 N–H and O–H groups in total. The van der Waals surface area contributed by atoms with E-state index in [0.717, 1.165) is 29.5 Å². The van der Waals surface area contributed by atoms with Gasteiger partial charge < -0.3 is 9.32 Å². The maximum Gasteiger partial charge on any atom is 0.349 e. The predicted octanol–water partition coefficient (Wildman–Crippen LogP) is 3.39. The van der Waals surface area contributed by atoms with Crippen LogP contribution in [0.15, 0.2) is 63.8 Å². The fraction of sp³-hybridized carbons (Fsp3) is 0.158. The average molecular weight is 305 g/mol. The van der Waals surface area contributed by atoms with E-state index >= 15 is 0 Å². The number of anilines is 1. The van der Waals surface area contributed by atoms with Crippen LogP contribution in [-0.2, 0) is 6.42 Å². The molecule has 0 saturated carbocycles. The Balaban J connectivity index is 1.81. The van der Waals surface area contributed by atoms with Gasteiger partial charge in [0, 0.05) is 17.6 Å². The number of rotatable bonds is 1. The molecule has 4 nitrogen and oxygen atoms in total. The lowest BCUT2D eigenvalue weighted by molar-refractivity contribution is 0.0981. The van der Waals surface area contributed by atoms with Crippen LogP contribution in [0.5, 0.6) is 0 Å². The Morgan fingerprint density at radius 2 is 1.83 bits per heavy atom. The molecule has 4 heteroatoms. The monoisotopic (exact) mass is 305 g/mol. The minimum atomic E-state index is -0.586. The summed E-state index contributed by atoms with van der Waals surface area (Å²) in [6.07, 6.45) is 1.84. The Morgan fingerprint density at radius 1 is 1.04 bits per heavy atom. The standard InChI is InChI=1S/C19H15NO3/c21-18(20-11-5-8-13-6-1-3-9-16(13)20)15-12-14-7-2-4-10-17(14)23-19(15)22/h1-4,6-7,9-10,12H,5,8,11H2. The van der Waals surface area contributed by atoms with Crippen LogP contribution in [0, 0.1) is 0 Å². The third-order valence-electron chi connectivity index (χ3n) is 4.23. The molecule has 0 radical (unpaired) electrons. The van der Waals surface area contributed by atoms with Crippen LogP contribution >= 0.6 is 0 Å². The Kier molecular flexibility index (Phi) is 3.23. The van der Waals surface area contributed by atoms with Crippen LogP contribution in [0.1, 0.15) is 22.3 Å². The lowest BCUT2D eigenvalue weighted by atomic mass is 10.0. The average Bonchev–Trinajstić information content (AvgIpc) is 2.60. The molecule has 1 aromatic heterocycles. The molecule has 23 heavy (non-hydrogen) atoms. The van der Waals surface area contributed by atoms with Gasteiger partial charge in [-0.05, 0) is 36.6 Å². The molecule has 1 aliphatic rings. The second kappa shape index (κ2) is 5.39. The highest BCUT2D eigenvalue weighted by molar-refractivity contribution is 6.07. The summed E-state index contributed by atoms with van der Waals surface area (Å²) in [6.45, 7) is 0.613. The van der Waals surface area contributed by atoms with Gasteiger partial charge in [-0.2, -0.15) is 0 Å². The van der Waals surface area contributed by atoms with Gasteiger partial charge in [-0.1, -0.05) is 36.4 Å². The second-order valence-electron chi connectivity index (χ2n) is 5.67. The minimum absolute atomic E-state index is 0.0837. The third kappa shape index (κ3) is 2.32. The van der Waals surface area contributed by atoms with Crippen molar-refractivity contribution in [1.29, 1.82) is 0 Å². The molecule has 114 valence electrons. The summed E-state index contributed by atoms with van der Waals surface area (Å²) in [4.78, 5) is 26.8. The first-order chi connectivity index (χ1) is 11.2. The van der Waals surface area contributed by atoms with E-state index in [0.29, 0.717) is 12.1 Å². The lowest BCUT2D eigenvalue weighted by Gasteiger charge is -2.29. The van der Waals surface area contributed by atoms with Crippen molar-refractivity contribution in [2.24, 2.45) is 0 Å². The zero-order chi connectivity index (χ0) is 15.8. The summed E-state index contributed by atoms with van der Waals surface area (Å²) in [7, 11) is 0. The second-order valence-corrected chi connectivity index (χ2v) is 5.67. The fourth-order valence-electron chi connectivity index (χ4n) is 3.10. The first-order valence-corrected chi connectivity index (χ1v) is 7.67. The number of hydrogen-bond acceptors (Lipinski definition) is 3. The molecule has 4 rings (SSSR count). The highest BCUT2D eigenvalue weighted by Crippen LogP contribution is 2.28. The van der Waals surface area contributed by atoms with Crippen LogP contribution in [0.2, 0.25) is 0 Å². The van der Waals surface area contributed by atoms with Crippen molar-refractivity contribution in [3.63, 3.8) is 0 Å². The number of fused-ring (bicyclic) bond motifs is 2. The molecular formula is C19H15NO3. The molecule has 0 bridgehead atoms. The first-order valence-electron chi connectivity index (χ1n) is 7.67. The number of carbonyl (C=O) groups is 1. The summed E-state index contributed by atoms with van der Waals surface area (Å²) in [5.74, 6) is -0.295. The van der Waals surface area contributed by atoms with E-state index in [4.69, 9.17) is 4.42 Å². The third-order valence-corrected chi connectivity index (χ3v) is 4.23. The van der Waals surface area contributed by atoms with Crippen LogP contribution in [0.25, 0.3) is 11.0 Å². The SMILES string of the molecule is O=C(c1cc2ccccc2oc1=O)N1CCCc2ccccc21. The van der Waals surface area contributed by atoms with E-state index in [2.05, 4.69) is 0 Å². The van der Waals surface area contributed by atoms with E-state index in [9.17, 15) is 9.59 Å². The molecule has 2 aromatic carbocycles. The number of carbonyl (C=O) groups excluding carboxylic acids is 1. The van der Waals surface area contributed by atoms with Gasteiger partial charge in [0.1, 0.15) is 11.1 Å². The predicted molar refractivity (Wildman–Crippen MR) is 88.9 cm³/mol. The van der Waals surface area contributed by atoms with Crippen LogP contribution in [-0.4, -0.2) is 12.5 Å². The van der Waals surface area contributed by atoms with Crippen molar-refractivity contribution in [2.45, 2.75) is 12.8 Å². The van der Waals surface area contributed by atoms with Gasteiger partial charge in [-0.15, -0.1) is 0 Å². The van der Waals surface area contributed by atoms with E-state index in [1.165, 1.54) is 0 Å². The normalized spacial score (nSPS) is 13.8. The summed E-state index contributed by atoms with van der Waals surface area (Å²) in [5, 5.41) is 0.751. The number of nitrogens with zero attached hydrogens (tertiary/aromatic N) is 1. The van der Waals surface area contributed by atoms with Crippen molar-refractivity contribution in [3.05, 3.63) is 76.1 Å². The van der Waals surface area contributed by atoms with Gasteiger partial charge >= 0.3 is 5.63 Å². The molecule has 3 aromatic rings. The summed E-state index contributed by atoms with van der Waals surface area (Å²) in [5.41, 5.74) is 2.01. The molecule has 1 aliphatic heterocycles. The van der Waals surface area contributed by atoms with Crippen molar-refractivity contribution in [3.8, 4) is 0 Å². The molecule has 0 spiro atoms. The van der Waals surface area contributed by atoms with E-state index < -0.39 is 5.63 Å². The molecule has 0 unspecified atom stereocenters. The zero-order valence-electron chi connectivity index (χ0n) is 12.5. The minimum Gasteiger partial charge on any atom is -0.422 e. The van der Waals surface area contributed by atoms with Gasteiger partial charge in [-0.3, -0.25) is 4.79 Å². The van der Waals surface area contributed by atoms with E-state index in [-0.39, 0.29) is 11.5 Å². The molecule has 0 fully saturated rings. The first kappa shape index (κ1) is 13.8. The Labute approximate surface area is 133 Å². The van der Waals surface area contributed by atoms with E-state index in [1.54, 1.807) is 23.1 Å². The highest BCUT2D eigenvalue weighted by Gasteiger charge is 2.25. The number of benzene rings is 2. The van der Waals surface area contributed by atoms with Crippen molar-refractivity contribution in [1.82, 2.24) is 0 Å². The van der Waals surface area contributed by atoms with Gasteiger partial charge in [0.25, 0.3) is 5.91 Å². The molecule has 0 aliphatic carbocycles. The van der Waals surface area contributed by atoms with Gasteiger partial charge in [0.2, 0.25) is 0 Å². The molecule has 0 atom stereocenters. The topological polar surface area (TPSA) is 50.5 Å². The maximum absolute atomic E-state index is 12.9. The van der Waals surface area contributed by atoms with E-state index in [1.807, 2.05) is 36.4 Å². The molecule has 0 saturated heterocycles. The lowest BCUT2D eigenvalue weighted by Crippen LogP contribution is -2.37. The fourth-order valence-corrected chi connectivity index (χ4v) is 3.10. The van der Waals surface area contributed by atoms with Crippen LogP contribution < -0.4 is 10.5 Å². The number of para-hydroxylation sites is 2. The van der Waals surface area contributed by atoms with Crippen molar-refractivity contribution < 1.29 is 9.21 Å². The van der Waals surface area contributed by atoms with Crippen LogP contribution in [0.4, 0.5) is 5.69 Å². The number of amides is 1. The smallest absolute Gasteiger partial charge is 0.349 e. The highest BCUT2D eigenvalue weighted by atomic mass is 16.4. The Hall–Kier alpha value is -2.88. The summed E-state index contributed by atoms with van der Waals surface area (Å²) >= 11 is 0. The van der Waals surface area contributed by atoms with Crippen molar-refractivity contribution >= 4 is 22.6 Å². The number of aryl methyl sites for hydroxylation is 1. The Bertz CT molecular complexity index is 958. The molecule has 1 amide bonds. The van der Waals surface area contributed by atoms with Gasteiger partial charge in [-0.25, -0.2) is 4.79 Å². The maximum atomic E-state index is 12.9. The largest absolute Gasteiger partial charge is 0.422 e. The van der Waals surface area contributed by atoms with Crippen LogP contribution in [0.3, 0.4) is 0 Å². The molecular weight excluding hydrogens is 290 g/mol. The van der Waals surface area contributed by atoms with Gasteiger partial charge in [0.05, 0.1) is 0 Å². The number of hydrogen-bond donors (Lipinski definition) is 0. The Morgan fingerprint density at radius 3 is 2.74 bits per heavy atom. The summed E-state index contributed by atoms with van der Waals surface area (Å²) in [6, 6.07) is 16.7. The zero-order valence-corrected chi connectivity index (χ0v) is 12.5. The van der Waals surface area contributed by atoms with Gasteiger partial charge in [0.15, 0.2) is 0 Å². The quantitative estimate of drug-likeness (QED) is 0.648. The molecule has 2 heterocycles. The summed E-state index contributed by atoms with van der Waals surface area (Å²) < 4.78 is 5.29. The van der Waals surface area contributed by atoms with Crippen molar-refractivity contribution in [2.75, 3.05) is 11.4 Å².